The van der Waals surface area contributed by atoms with Crippen LogP contribution in [0.25, 0.3) is 0 Å². The third kappa shape index (κ3) is 52.1. The Labute approximate surface area is 406 Å². The molecule has 2 unspecified atom stereocenters. The first kappa shape index (κ1) is 63.9. The molecule has 65 heavy (non-hydrogen) atoms. The molecular formula is C59H117NO5. The van der Waals surface area contributed by atoms with Gasteiger partial charge < -0.3 is 20.3 Å². The second-order valence-electron chi connectivity index (χ2n) is 20.7. The quantitative estimate of drug-likeness (QED) is 0.0417. The van der Waals surface area contributed by atoms with Crippen LogP contribution in [0.4, 0.5) is 0 Å². The number of nitrogens with one attached hydrogen (secondary N) is 1. The molecule has 2 atom stereocenters. The summed E-state index contributed by atoms with van der Waals surface area (Å²) in [6.45, 7) is 4.97. The first-order valence-corrected chi connectivity index (χ1v) is 29.8. The van der Waals surface area contributed by atoms with Gasteiger partial charge in [-0.2, -0.15) is 0 Å². The van der Waals surface area contributed by atoms with Crippen molar-refractivity contribution in [1.82, 2.24) is 5.32 Å². The molecule has 0 radical (unpaired) electrons. The lowest BCUT2D eigenvalue weighted by atomic mass is 10.0. The van der Waals surface area contributed by atoms with E-state index in [9.17, 15) is 19.8 Å². The van der Waals surface area contributed by atoms with E-state index < -0.39 is 12.1 Å². The molecule has 0 heterocycles. The van der Waals surface area contributed by atoms with Crippen LogP contribution in [-0.2, 0) is 14.3 Å². The molecule has 0 saturated heterocycles. The standard InChI is InChI=1S/C59H117NO5/c1-3-5-7-9-11-13-15-17-19-20-25-29-33-37-41-45-49-53-59(64)65-54-50-46-42-38-34-30-26-22-21-24-28-32-36-40-44-48-52-58(63)60-56(55-61)57(62)51-47-43-39-35-31-27-23-18-16-14-12-10-8-6-4-2/h56-57,61-62H,3-55H2,1-2H3,(H,60,63). The summed E-state index contributed by atoms with van der Waals surface area (Å²) in [6.07, 6.45) is 63.8. The minimum Gasteiger partial charge on any atom is -0.466 e. The molecule has 0 aromatic rings. The Balaban J connectivity index is 3.39. The summed E-state index contributed by atoms with van der Waals surface area (Å²) < 4.78 is 5.49. The molecule has 0 aromatic heterocycles. The zero-order valence-corrected chi connectivity index (χ0v) is 44.3. The fraction of sp³-hybridized carbons (Fsp3) is 0.966. The predicted octanol–water partition coefficient (Wildman–Crippen LogP) is 18.3. The van der Waals surface area contributed by atoms with E-state index in [1.54, 1.807) is 0 Å². The number of ether oxygens (including phenoxy) is 1. The van der Waals surface area contributed by atoms with Gasteiger partial charge in [-0.05, 0) is 25.7 Å². The van der Waals surface area contributed by atoms with Crippen molar-refractivity contribution in [3.63, 3.8) is 0 Å². The summed E-state index contributed by atoms with van der Waals surface area (Å²) in [6, 6.07) is -0.545. The van der Waals surface area contributed by atoms with Crippen LogP contribution < -0.4 is 5.32 Å². The summed E-state index contributed by atoms with van der Waals surface area (Å²) in [4.78, 5) is 24.6. The molecule has 6 heteroatoms. The van der Waals surface area contributed by atoms with Crippen molar-refractivity contribution in [3.05, 3.63) is 0 Å². The maximum atomic E-state index is 12.5. The van der Waals surface area contributed by atoms with Crippen LogP contribution in [-0.4, -0.2) is 47.4 Å². The van der Waals surface area contributed by atoms with Crippen LogP contribution in [0.3, 0.4) is 0 Å². The number of hydrogen-bond acceptors (Lipinski definition) is 5. The number of aliphatic hydroxyl groups excluding tert-OH is 2. The molecule has 0 aromatic carbocycles. The van der Waals surface area contributed by atoms with Crippen LogP contribution in [0.1, 0.15) is 341 Å². The Bertz CT molecular complexity index is 928. The second kappa shape index (κ2) is 55.5. The molecular weight excluding hydrogens is 803 g/mol. The van der Waals surface area contributed by atoms with E-state index in [-0.39, 0.29) is 18.5 Å². The van der Waals surface area contributed by atoms with Crippen molar-refractivity contribution in [3.8, 4) is 0 Å². The smallest absolute Gasteiger partial charge is 0.305 e. The molecule has 0 bridgehead atoms. The normalized spacial score (nSPS) is 12.5. The zero-order valence-electron chi connectivity index (χ0n) is 44.3. The molecule has 0 aliphatic heterocycles. The summed E-state index contributed by atoms with van der Waals surface area (Å²) >= 11 is 0. The van der Waals surface area contributed by atoms with E-state index in [4.69, 9.17) is 4.74 Å². The summed E-state index contributed by atoms with van der Waals surface area (Å²) in [5.74, 6) is -0.0305. The molecule has 0 aliphatic rings. The van der Waals surface area contributed by atoms with Gasteiger partial charge >= 0.3 is 5.97 Å². The number of rotatable bonds is 56. The van der Waals surface area contributed by atoms with E-state index >= 15 is 0 Å². The van der Waals surface area contributed by atoms with Gasteiger partial charge in [-0.3, -0.25) is 9.59 Å². The van der Waals surface area contributed by atoms with Gasteiger partial charge in [-0.15, -0.1) is 0 Å². The molecule has 0 fully saturated rings. The van der Waals surface area contributed by atoms with E-state index in [0.717, 1.165) is 38.5 Å². The lowest BCUT2D eigenvalue weighted by molar-refractivity contribution is -0.143. The molecule has 0 aliphatic carbocycles. The Morgan fingerprint density at radius 1 is 0.369 bits per heavy atom. The monoisotopic (exact) mass is 920 g/mol. The highest BCUT2D eigenvalue weighted by atomic mass is 16.5. The number of hydrogen-bond donors (Lipinski definition) is 3. The predicted molar refractivity (Wildman–Crippen MR) is 283 cm³/mol. The van der Waals surface area contributed by atoms with Crippen molar-refractivity contribution < 1.29 is 24.5 Å². The lowest BCUT2D eigenvalue weighted by Gasteiger charge is -2.22. The second-order valence-corrected chi connectivity index (χ2v) is 20.7. The van der Waals surface area contributed by atoms with Gasteiger partial charge in [-0.25, -0.2) is 0 Å². The summed E-state index contributed by atoms with van der Waals surface area (Å²) in [5, 5.41) is 23.3. The SMILES string of the molecule is CCCCCCCCCCCCCCCCCCCC(=O)OCCCCCCCCCCCCCCCCCCC(=O)NC(CO)C(O)CCCCCCCCCCCCCCCCC. The Morgan fingerprint density at radius 3 is 0.938 bits per heavy atom. The van der Waals surface area contributed by atoms with E-state index in [1.807, 2.05) is 0 Å². The van der Waals surface area contributed by atoms with Gasteiger partial charge in [0.05, 0.1) is 25.4 Å². The number of aliphatic hydroxyl groups is 2. The maximum absolute atomic E-state index is 12.5. The van der Waals surface area contributed by atoms with Crippen molar-refractivity contribution in [2.75, 3.05) is 13.2 Å². The van der Waals surface area contributed by atoms with E-state index in [0.29, 0.717) is 25.9 Å². The molecule has 0 spiro atoms. The number of unbranched alkanes of at least 4 members (excludes halogenated alkanes) is 45. The van der Waals surface area contributed by atoms with Crippen LogP contribution in [0.5, 0.6) is 0 Å². The fourth-order valence-corrected chi connectivity index (χ4v) is 9.58. The maximum Gasteiger partial charge on any atom is 0.305 e. The average Bonchev–Trinajstić information content (AvgIpc) is 3.31. The van der Waals surface area contributed by atoms with Crippen molar-refractivity contribution in [1.29, 1.82) is 0 Å². The van der Waals surface area contributed by atoms with Gasteiger partial charge in [0, 0.05) is 12.8 Å². The van der Waals surface area contributed by atoms with Crippen LogP contribution in [0, 0.1) is 0 Å². The average molecular weight is 921 g/mol. The highest BCUT2D eigenvalue weighted by Gasteiger charge is 2.20. The van der Waals surface area contributed by atoms with E-state index in [2.05, 4.69) is 19.2 Å². The van der Waals surface area contributed by atoms with Crippen molar-refractivity contribution in [2.24, 2.45) is 0 Å². The third-order valence-electron chi connectivity index (χ3n) is 14.2. The Morgan fingerprint density at radius 2 is 0.631 bits per heavy atom. The zero-order chi connectivity index (χ0) is 47.2. The molecule has 0 saturated carbocycles. The minimum atomic E-state index is -0.667. The lowest BCUT2D eigenvalue weighted by Crippen LogP contribution is -2.45. The van der Waals surface area contributed by atoms with Crippen LogP contribution in [0.15, 0.2) is 0 Å². The van der Waals surface area contributed by atoms with Gasteiger partial charge in [0.2, 0.25) is 5.91 Å². The van der Waals surface area contributed by atoms with Gasteiger partial charge in [0.1, 0.15) is 0 Å². The van der Waals surface area contributed by atoms with E-state index in [1.165, 1.54) is 270 Å². The van der Waals surface area contributed by atoms with Crippen LogP contribution >= 0.6 is 0 Å². The van der Waals surface area contributed by atoms with Crippen LogP contribution in [0.2, 0.25) is 0 Å². The first-order chi connectivity index (χ1) is 32.0. The topological polar surface area (TPSA) is 95.9 Å². The highest BCUT2D eigenvalue weighted by Crippen LogP contribution is 2.18. The minimum absolute atomic E-state index is 0.00818. The third-order valence-corrected chi connectivity index (χ3v) is 14.2. The summed E-state index contributed by atoms with van der Waals surface area (Å²) in [5.41, 5.74) is 0. The number of esters is 1. The number of carbonyl (C=O) groups is 2. The van der Waals surface area contributed by atoms with Crippen molar-refractivity contribution in [2.45, 2.75) is 353 Å². The van der Waals surface area contributed by atoms with Gasteiger partial charge in [0.15, 0.2) is 0 Å². The van der Waals surface area contributed by atoms with Gasteiger partial charge in [0.25, 0.3) is 0 Å². The molecule has 388 valence electrons. The molecule has 0 rings (SSSR count). The Kier molecular flexibility index (Phi) is 54.5. The summed E-state index contributed by atoms with van der Waals surface area (Å²) in [7, 11) is 0. The molecule has 6 nitrogen and oxygen atoms in total. The number of amides is 1. The first-order valence-electron chi connectivity index (χ1n) is 29.8. The molecule has 1 amide bonds. The highest BCUT2D eigenvalue weighted by molar-refractivity contribution is 5.76. The fourth-order valence-electron chi connectivity index (χ4n) is 9.58. The largest absolute Gasteiger partial charge is 0.466 e. The molecule has 3 N–H and O–H groups in total. The van der Waals surface area contributed by atoms with Gasteiger partial charge in [-0.1, -0.05) is 303 Å². The van der Waals surface area contributed by atoms with Crippen molar-refractivity contribution >= 4 is 11.9 Å². The Hall–Kier alpha value is -1.14. The number of carbonyl (C=O) groups excluding carboxylic acids is 2.